The summed E-state index contributed by atoms with van der Waals surface area (Å²) in [5, 5.41) is 9.24. The molecule has 0 atom stereocenters. The highest BCUT2D eigenvalue weighted by Crippen LogP contribution is 2.29. The van der Waals surface area contributed by atoms with Crippen LogP contribution >= 0.6 is 0 Å². The average Bonchev–Trinajstić information content (AvgIpc) is 3.34. The van der Waals surface area contributed by atoms with Gasteiger partial charge < -0.3 is 9.67 Å². The molecule has 188 valence electrons. The lowest BCUT2D eigenvalue weighted by Crippen LogP contribution is -2.11. The smallest absolute Gasteiger partial charge is 0.335 e. The van der Waals surface area contributed by atoms with Crippen LogP contribution in [-0.2, 0) is 19.4 Å². The average molecular weight is 475 g/mol. The Bertz CT molecular complexity index is 1080. The lowest BCUT2D eigenvalue weighted by Gasteiger charge is -2.22. The predicted molar refractivity (Wildman–Crippen MR) is 145 cm³/mol. The molecule has 35 heavy (non-hydrogen) atoms. The second-order valence-corrected chi connectivity index (χ2v) is 9.73. The van der Waals surface area contributed by atoms with E-state index in [2.05, 4.69) is 42.5 Å². The van der Waals surface area contributed by atoms with Gasteiger partial charge in [-0.3, -0.25) is 4.98 Å². The Morgan fingerprint density at radius 3 is 2.31 bits per heavy atom. The van der Waals surface area contributed by atoms with Gasteiger partial charge in [-0.15, -0.1) is 0 Å². The zero-order chi connectivity index (χ0) is 25.0. The molecule has 2 aromatic heterocycles. The van der Waals surface area contributed by atoms with Gasteiger partial charge in [-0.2, -0.15) is 0 Å². The fraction of sp³-hybridized carbons (Fsp3) is 0.484. The zero-order valence-corrected chi connectivity index (χ0v) is 21.9. The summed E-state index contributed by atoms with van der Waals surface area (Å²) >= 11 is 0. The standard InChI is InChI=1S/C22H22N2O2.C9H20/c1-15-8-9-17(19-6-3-2-5-18(15)19)14-24-12-4-7-21(24)20-13-16(22(25)26)10-11-23-20;1-3-5-7-9-8-6-4-2/h4,7-13H,2-3,5-6,14H2,1H3,(H,25,26);3-9H2,1-2H3. The molecule has 1 aromatic carbocycles. The van der Waals surface area contributed by atoms with Crippen LogP contribution in [0.4, 0.5) is 0 Å². The number of benzene rings is 1. The Hall–Kier alpha value is -2.88. The number of aromatic carboxylic acids is 1. The molecule has 1 N–H and O–H groups in total. The van der Waals surface area contributed by atoms with Crippen molar-refractivity contribution in [1.82, 2.24) is 9.55 Å². The summed E-state index contributed by atoms with van der Waals surface area (Å²) in [4.78, 5) is 15.6. The first-order chi connectivity index (χ1) is 17.0. The van der Waals surface area contributed by atoms with E-state index >= 15 is 0 Å². The highest BCUT2D eigenvalue weighted by Gasteiger charge is 2.17. The molecule has 4 heteroatoms. The minimum Gasteiger partial charge on any atom is -0.478 e. The number of hydrogen-bond acceptors (Lipinski definition) is 2. The van der Waals surface area contributed by atoms with E-state index < -0.39 is 5.97 Å². The van der Waals surface area contributed by atoms with Crippen molar-refractivity contribution in [2.24, 2.45) is 0 Å². The minimum atomic E-state index is -0.931. The van der Waals surface area contributed by atoms with Gasteiger partial charge in [0.1, 0.15) is 0 Å². The van der Waals surface area contributed by atoms with E-state index in [1.807, 2.05) is 18.3 Å². The third-order valence-corrected chi connectivity index (χ3v) is 7.01. The van der Waals surface area contributed by atoms with Gasteiger partial charge in [-0.25, -0.2) is 4.79 Å². The number of fused-ring (bicyclic) bond motifs is 1. The third kappa shape index (κ3) is 7.55. The van der Waals surface area contributed by atoms with Crippen molar-refractivity contribution in [2.45, 2.75) is 97.9 Å². The van der Waals surface area contributed by atoms with Crippen molar-refractivity contribution in [3.05, 3.63) is 76.6 Å². The van der Waals surface area contributed by atoms with Crippen molar-refractivity contribution in [2.75, 3.05) is 0 Å². The van der Waals surface area contributed by atoms with Crippen LogP contribution in [0.25, 0.3) is 11.4 Å². The maximum absolute atomic E-state index is 11.3. The van der Waals surface area contributed by atoms with E-state index in [9.17, 15) is 9.90 Å². The molecule has 1 aliphatic rings. The number of hydrogen-bond donors (Lipinski definition) is 1. The molecular formula is C31H42N2O2. The summed E-state index contributed by atoms with van der Waals surface area (Å²) in [6.07, 6.45) is 18.4. The SMILES string of the molecule is CCCCCCCCC.Cc1ccc(Cn2cccc2-c2cc(C(=O)O)ccn2)c2c1CCCC2. The van der Waals surface area contributed by atoms with Gasteiger partial charge in [0.15, 0.2) is 0 Å². The molecule has 3 aromatic rings. The topological polar surface area (TPSA) is 55.1 Å². The normalized spacial score (nSPS) is 12.5. The Morgan fingerprint density at radius 1 is 0.943 bits per heavy atom. The molecule has 0 saturated heterocycles. The molecule has 0 bridgehead atoms. The zero-order valence-electron chi connectivity index (χ0n) is 21.9. The summed E-state index contributed by atoms with van der Waals surface area (Å²) in [7, 11) is 0. The van der Waals surface area contributed by atoms with E-state index in [-0.39, 0.29) is 5.56 Å². The Balaban J connectivity index is 0.000000327. The summed E-state index contributed by atoms with van der Waals surface area (Å²) in [6, 6.07) is 11.6. The highest BCUT2D eigenvalue weighted by atomic mass is 16.4. The lowest BCUT2D eigenvalue weighted by molar-refractivity contribution is 0.0697. The second-order valence-electron chi connectivity index (χ2n) is 9.73. The molecule has 0 fully saturated rings. The van der Waals surface area contributed by atoms with E-state index in [0.29, 0.717) is 5.69 Å². The quantitative estimate of drug-likeness (QED) is 0.301. The number of pyridine rings is 1. The van der Waals surface area contributed by atoms with Gasteiger partial charge in [-0.05, 0) is 79.1 Å². The molecule has 0 spiro atoms. The lowest BCUT2D eigenvalue weighted by atomic mass is 9.85. The molecule has 1 aliphatic carbocycles. The van der Waals surface area contributed by atoms with Crippen LogP contribution in [0, 0.1) is 6.92 Å². The van der Waals surface area contributed by atoms with Gasteiger partial charge in [0.05, 0.1) is 17.0 Å². The summed E-state index contributed by atoms with van der Waals surface area (Å²) in [5.41, 5.74) is 7.67. The number of aryl methyl sites for hydroxylation is 1. The van der Waals surface area contributed by atoms with Crippen LogP contribution < -0.4 is 0 Å². The van der Waals surface area contributed by atoms with Crippen molar-refractivity contribution in [1.29, 1.82) is 0 Å². The monoisotopic (exact) mass is 474 g/mol. The summed E-state index contributed by atoms with van der Waals surface area (Å²) < 4.78 is 2.16. The van der Waals surface area contributed by atoms with Gasteiger partial charge >= 0.3 is 5.97 Å². The fourth-order valence-electron chi connectivity index (χ4n) is 4.97. The molecule has 0 amide bonds. The van der Waals surface area contributed by atoms with Crippen LogP contribution in [0.5, 0.6) is 0 Å². The number of rotatable bonds is 10. The summed E-state index contributed by atoms with van der Waals surface area (Å²) in [5.74, 6) is -0.931. The van der Waals surface area contributed by atoms with E-state index in [4.69, 9.17) is 0 Å². The Morgan fingerprint density at radius 2 is 1.63 bits per heavy atom. The maximum atomic E-state index is 11.3. The molecule has 0 radical (unpaired) electrons. The highest BCUT2D eigenvalue weighted by molar-refractivity contribution is 5.88. The Labute approximate surface area is 211 Å². The molecule has 2 heterocycles. The fourth-order valence-corrected chi connectivity index (χ4v) is 4.97. The second kappa shape index (κ2) is 13.9. The molecular weight excluding hydrogens is 432 g/mol. The predicted octanol–water partition coefficient (Wildman–Crippen LogP) is 8.24. The van der Waals surface area contributed by atoms with Crippen molar-refractivity contribution in [3.8, 4) is 11.4 Å². The van der Waals surface area contributed by atoms with E-state index in [0.717, 1.165) is 18.7 Å². The summed E-state index contributed by atoms with van der Waals surface area (Å²) in [6.45, 7) is 7.51. The number of carboxylic acids is 1. The first-order valence-electron chi connectivity index (χ1n) is 13.5. The van der Waals surface area contributed by atoms with Crippen molar-refractivity contribution >= 4 is 5.97 Å². The van der Waals surface area contributed by atoms with Gasteiger partial charge in [-0.1, -0.05) is 70.9 Å². The number of carbonyl (C=O) groups is 1. The molecule has 0 saturated carbocycles. The van der Waals surface area contributed by atoms with Crippen LogP contribution in [0.1, 0.15) is 104 Å². The van der Waals surface area contributed by atoms with Crippen LogP contribution in [0.3, 0.4) is 0 Å². The minimum absolute atomic E-state index is 0.260. The number of nitrogens with zero attached hydrogens (tertiary/aromatic N) is 2. The van der Waals surface area contributed by atoms with Gasteiger partial charge in [0, 0.05) is 18.9 Å². The van der Waals surface area contributed by atoms with E-state index in [1.54, 1.807) is 12.3 Å². The van der Waals surface area contributed by atoms with Crippen molar-refractivity contribution < 1.29 is 9.90 Å². The molecule has 4 nitrogen and oxygen atoms in total. The van der Waals surface area contributed by atoms with Crippen LogP contribution in [-0.4, -0.2) is 20.6 Å². The van der Waals surface area contributed by atoms with Gasteiger partial charge in [0.25, 0.3) is 0 Å². The third-order valence-electron chi connectivity index (χ3n) is 7.01. The molecule has 4 rings (SSSR count). The van der Waals surface area contributed by atoms with E-state index in [1.165, 1.54) is 92.5 Å². The van der Waals surface area contributed by atoms with Crippen LogP contribution in [0.2, 0.25) is 0 Å². The first-order valence-corrected chi connectivity index (χ1v) is 13.5. The molecule has 0 aliphatic heterocycles. The first kappa shape index (κ1) is 26.7. The van der Waals surface area contributed by atoms with Crippen molar-refractivity contribution in [3.63, 3.8) is 0 Å². The maximum Gasteiger partial charge on any atom is 0.335 e. The number of carboxylic acid groups (broad SMARTS) is 1. The van der Waals surface area contributed by atoms with Gasteiger partial charge in [0.2, 0.25) is 0 Å². The van der Waals surface area contributed by atoms with Crippen LogP contribution in [0.15, 0.2) is 48.8 Å². The number of aromatic nitrogens is 2. The largest absolute Gasteiger partial charge is 0.478 e. The molecule has 0 unspecified atom stereocenters. The number of unbranched alkanes of at least 4 members (excludes halogenated alkanes) is 6. The Kier molecular flexibility index (Phi) is 10.6.